The summed E-state index contributed by atoms with van der Waals surface area (Å²) in [5, 5.41) is 0. The van der Waals surface area contributed by atoms with Crippen molar-refractivity contribution in [1.82, 2.24) is 4.98 Å². The number of nitrogens with zero attached hydrogens (tertiary/aromatic N) is 1. The van der Waals surface area contributed by atoms with Crippen molar-refractivity contribution in [2.45, 2.75) is 25.7 Å². The van der Waals surface area contributed by atoms with Gasteiger partial charge in [0, 0.05) is 18.0 Å². The van der Waals surface area contributed by atoms with Crippen molar-refractivity contribution in [1.29, 1.82) is 0 Å². The molecule has 114 valence electrons. The molecule has 3 heteroatoms. The summed E-state index contributed by atoms with van der Waals surface area (Å²) in [6.07, 6.45) is 10.0. The molecule has 3 nitrogen and oxygen atoms in total. The van der Waals surface area contributed by atoms with Crippen molar-refractivity contribution in [3.05, 3.63) is 72.1 Å². The number of ether oxygens (including phenoxy) is 1. The zero-order valence-corrected chi connectivity index (χ0v) is 12.7. The van der Waals surface area contributed by atoms with Gasteiger partial charge in [-0.3, -0.25) is 9.78 Å². The van der Waals surface area contributed by atoms with E-state index in [4.69, 9.17) is 4.74 Å². The van der Waals surface area contributed by atoms with Gasteiger partial charge in [-0.2, -0.15) is 0 Å². The van der Waals surface area contributed by atoms with E-state index in [0.29, 0.717) is 13.1 Å². The van der Waals surface area contributed by atoms with Crippen molar-refractivity contribution in [2.75, 3.05) is 6.61 Å². The molecule has 0 atom stereocenters. The van der Waals surface area contributed by atoms with Gasteiger partial charge in [0.2, 0.25) is 0 Å². The SMILES string of the molecule is O=COCCCCC/C=C(\c1ccccc1)c1cccnc1. The van der Waals surface area contributed by atoms with E-state index in [-0.39, 0.29) is 0 Å². The number of pyridine rings is 1. The number of rotatable bonds is 9. The Hall–Kier alpha value is -2.42. The molecule has 0 fully saturated rings. The van der Waals surface area contributed by atoms with E-state index in [2.05, 4.69) is 41.4 Å². The lowest BCUT2D eigenvalue weighted by molar-refractivity contribution is -0.128. The van der Waals surface area contributed by atoms with Crippen LogP contribution in [-0.4, -0.2) is 18.1 Å². The molecular weight excluding hydrogens is 274 g/mol. The number of hydrogen-bond donors (Lipinski definition) is 0. The van der Waals surface area contributed by atoms with Crippen molar-refractivity contribution in [2.24, 2.45) is 0 Å². The van der Waals surface area contributed by atoms with E-state index < -0.39 is 0 Å². The molecule has 0 spiro atoms. The molecule has 0 aliphatic rings. The van der Waals surface area contributed by atoms with E-state index in [1.54, 1.807) is 6.20 Å². The van der Waals surface area contributed by atoms with Gasteiger partial charge in [-0.15, -0.1) is 0 Å². The van der Waals surface area contributed by atoms with E-state index in [0.717, 1.165) is 31.2 Å². The van der Waals surface area contributed by atoms with Crippen molar-refractivity contribution in [3.63, 3.8) is 0 Å². The second-order valence-corrected chi connectivity index (χ2v) is 5.04. The largest absolute Gasteiger partial charge is 0.468 e. The Labute approximate surface area is 131 Å². The minimum Gasteiger partial charge on any atom is -0.468 e. The molecular formula is C19H21NO2. The number of allylic oxidation sites excluding steroid dienone is 1. The Kier molecular flexibility index (Phi) is 6.89. The first kappa shape index (κ1) is 16.0. The lowest BCUT2D eigenvalue weighted by atomic mass is 9.97. The minimum atomic E-state index is 0.510. The summed E-state index contributed by atoms with van der Waals surface area (Å²) in [4.78, 5) is 14.3. The third-order valence-electron chi connectivity index (χ3n) is 3.44. The minimum absolute atomic E-state index is 0.510. The van der Waals surface area contributed by atoms with Crippen LogP contribution in [0.3, 0.4) is 0 Å². The molecule has 0 amide bonds. The highest BCUT2D eigenvalue weighted by Gasteiger charge is 2.04. The fourth-order valence-electron chi connectivity index (χ4n) is 2.34. The molecule has 22 heavy (non-hydrogen) atoms. The van der Waals surface area contributed by atoms with Gasteiger partial charge in [0.15, 0.2) is 0 Å². The number of carbonyl (C=O) groups is 1. The molecule has 0 radical (unpaired) electrons. The first-order valence-electron chi connectivity index (χ1n) is 7.63. The molecule has 2 rings (SSSR count). The molecule has 0 N–H and O–H groups in total. The van der Waals surface area contributed by atoms with Gasteiger partial charge in [-0.25, -0.2) is 0 Å². The van der Waals surface area contributed by atoms with Crippen molar-refractivity contribution in [3.8, 4) is 0 Å². The van der Waals surface area contributed by atoms with Crippen LogP contribution in [0.15, 0.2) is 60.9 Å². The van der Waals surface area contributed by atoms with Crippen LogP contribution in [0.25, 0.3) is 5.57 Å². The Balaban J connectivity index is 1.99. The molecule has 1 heterocycles. The van der Waals surface area contributed by atoms with Crippen LogP contribution in [0, 0.1) is 0 Å². The van der Waals surface area contributed by atoms with Crippen LogP contribution in [0.4, 0.5) is 0 Å². The molecule has 0 unspecified atom stereocenters. The van der Waals surface area contributed by atoms with Crippen LogP contribution >= 0.6 is 0 Å². The van der Waals surface area contributed by atoms with E-state index in [1.165, 1.54) is 11.1 Å². The lowest BCUT2D eigenvalue weighted by Gasteiger charge is -2.08. The fourth-order valence-corrected chi connectivity index (χ4v) is 2.34. The van der Waals surface area contributed by atoms with Gasteiger partial charge in [-0.1, -0.05) is 42.5 Å². The third-order valence-corrected chi connectivity index (χ3v) is 3.44. The predicted octanol–water partition coefficient (Wildman–Crippen LogP) is 4.25. The van der Waals surface area contributed by atoms with E-state index in [9.17, 15) is 4.79 Å². The van der Waals surface area contributed by atoms with Gasteiger partial charge in [0.05, 0.1) is 6.61 Å². The van der Waals surface area contributed by atoms with Crippen LogP contribution in [0.5, 0.6) is 0 Å². The molecule has 0 aliphatic heterocycles. The summed E-state index contributed by atoms with van der Waals surface area (Å²) in [6.45, 7) is 1.02. The summed E-state index contributed by atoms with van der Waals surface area (Å²) in [7, 11) is 0. The maximum absolute atomic E-state index is 10.1. The number of benzene rings is 1. The predicted molar refractivity (Wildman–Crippen MR) is 88.2 cm³/mol. The highest BCUT2D eigenvalue weighted by atomic mass is 16.5. The van der Waals surface area contributed by atoms with Gasteiger partial charge in [-0.05, 0) is 42.9 Å². The first-order valence-corrected chi connectivity index (χ1v) is 7.63. The smallest absolute Gasteiger partial charge is 0.293 e. The quantitative estimate of drug-likeness (QED) is 0.513. The highest BCUT2D eigenvalue weighted by Crippen LogP contribution is 2.23. The average Bonchev–Trinajstić information content (AvgIpc) is 2.59. The molecule has 0 aliphatic carbocycles. The van der Waals surface area contributed by atoms with Gasteiger partial charge >= 0.3 is 0 Å². The Morgan fingerprint density at radius 2 is 1.82 bits per heavy atom. The summed E-state index contributed by atoms with van der Waals surface area (Å²) >= 11 is 0. The molecule has 1 aromatic heterocycles. The molecule has 0 saturated heterocycles. The molecule has 2 aromatic rings. The van der Waals surface area contributed by atoms with Crippen molar-refractivity contribution < 1.29 is 9.53 Å². The van der Waals surface area contributed by atoms with Crippen LogP contribution in [-0.2, 0) is 9.53 Å². The maximum Gasteiger partial charge on any atom is 0.293 e. The molecule has 0 saturated carbocycles. The molecule has 0 bridgehead atoms. The second kappa shape index (κ2) is 9.50. The molecule has 1 aromatic carbocycles. The van der Waals surface area contributed by atoms with Gasteiger partial charge in [0.25, 0.3) is 6.47 Å². The lowest BCUT2D eigenvalue weighted by Crippen LogP contribution is -1.92. The van der Waals surface area contributed by atoms with Gasteiger partial charge < -0.3 is 4.74 Å². The Morgan fingerprint density at radius 3 is 2.55 bits per heavy atom. The zero-order chi connectivity index (χ0) is 15.5. The van der Waals surface area contributed by atoms with Crippen LogP contribution in [0.2, 0.25) is 0 Å². The first-order chi connectivity index (χ1) is 10.9. The van der Waals surface area contributed by atoms with Crippen LogP contribution in [0.1, 0.15) is 36.8 Å². The van der Waals surface area contributed by atoms with Crippen LogP contribution < -0.4 is 0 Å². The van der Waals surface area contributed by atoms with E-state index in [1.807, 2.05) is 18.3 Å². The maximum atomic E-state index is 10.1. The topological polar surface area (TPSA) is 39.2 Å². The summed E-state index contributed by atoms with van der Waals surface area (Å²) in [5.41, 5.74) is 3.57. The summed E-state index contributed by atoms with van der Waals surface area (Å²) in [5.74, 6) is 0. The number of unbranched alkanes of at least 4 members (excludes halogenated alkanes) is 3. The Bertz CT molecular complexity index is 537. The summed E-state index contributed by atoms with van der Waals surface area (Å²) < 4.78 is 4.70. The third kappa shape index (κ3) is 5.17. The normalized spacial score (nSPS) is 11.2. The Morgan fingerprint density at radius 1 is 1.00 bits per heavy atom. The van der Waals surface area contributed by atoms with Crippen molar-refractivity contribution >= 4 is 12.0 Å². The van der Waals surface area contributed by atoms with Gasteiger partial charge in [0.1, 0.15) is 0 Å². The fraction of sp³-hybridized carbons (Fsp3) is 0.263. The highest BCUT2D eigenvalue weighted by molar-refractivity contribution is 5.79. The van der Waals surface area contributed by atoms with E-state index >= 15 is 0 Å². The summed E-state index contributed by atoms with van der Waals surface area (Å²) in [6, 6.07) is 14.4. The number of hydrogen-bond acceptors (Lipinski definition) is 3. The number of aromatic nitrogens is 1. The standard InChI is InChI=1S/C19H21NO2/c21-16-22-14-7-2-1-6-12-19(17-9-4-3-5-10-17)18-11-8-13-20-15-18/h3-5,8-13,15-16H,1-2,6-7,14H2/b19-12+. The second-order valence-electron chi connectivity index (χ2n) is 5.04. The monoisotopic (exact) mass is 295 g/mol. The zero-order valence-electron chi connectivity index (χ0n) is 12.7. The number of carbonyl (C=O) groups excluding carboxylic acids is 1. The average molecular weight is 295 g/mol.